The summed E-state index contributed by atoms with van der Waals surface area (Å²) in [5.74, 6) is -0.335. The van der Waals surface area contributed by atoms with Gasteiger partial charge in [0.2, 0.25) is 0 Å². The molecule has 0 spiro atoms. The van der Waals surface area contributed by atoms with Crippen LogP contribution in [0.5, 0.6) is 5.75 Å². The molecule has 1 saturated carbocycles. The fourth-order valence-electron chi connectivity index (χ4n) is 2.35. The summed E-state index contributed by atoms with van der Waals surface area (Å²) in [4.78, 5) is 10.4. The minimum Gasteiger partial charge on any atom is -0.483 e. The average Bonchev–Trinajstić information content (AvgIpc) is 2.80. The van der Waals surface area contributed by atoms with Gasteiger partial charge >= 0.3 is 5.69 Å². The Morgan fingerprint density at radius 2 is 2.26 bits per heavy atom. The number of nitrogens with two attached hydrogens (primary N) is 1. The summed E-state index contributed by atoms with van der Waals surface area (Å²) in [6, 6.07) is 2.28. The third-order valence-electron chi connectivity index (χ3n) is 3.37. The standard InChI is InChI=1S/C12H14FIN2O3/c13-8-4-12(10(16(17)18)5-9(8)14)19-11-3-1-2-7(11)6-15/h4-5,7,11H,1-3,6,15H2. The SMILES string of the molecule is NCC1CCCC1Oc1cc(F)c(I)cc1[N+](=O)[O-]. The molecule has 1 aliphatic carbocycles. The fourth-order valence-corrected chi connectivity index (χ4v) is 2.80. The number of ether oxygens (including phenoxy) is 1. The highest BCUT2D eigenvalue weighted by atomic mass is 127. The second-order valence-electron chi connectivity index (χ2n) is 4.57. The molecule has 2 atom stereocenters. The number of halogens is 2. The Hall–Kier alpha value is -0.960. The largest absolute Gasteiger partial charge is 0.483 e. The van der Waals surface area contributed by atoms with E-state index < -0.39 is 10.7 Å². The van der Waals surface area contributed by atoms with E-state index in [0.29, 0.717) is 6.54 Å². The lowest BCUT2D eigenvalue weighted by Gasteiger charge is -2.19. The van der Waals surface area contributed by atoms with Gasteiger partial charge in [0.1, 0.15) is 11.9 Å². The van der Waals surface area contributed by atoms with Gasteiger partial charge in [-0.25, -0.2) is 4.39 Å². The van der Waals surface area contributed by atoms with Crippen LogP contribution in [-0.2, 0) is 0 Å². The van der Waals surface area contributed by atoms with Crippen molar-refractivity contribution in [3.05, 3.63) is 31.6 Å². The molecule has 7 heteroatoms. The van der Waals surface area contributed by atoms with Gasteiger partial charge in [0.05, 0.1) is 8.49 Å². The van der Waals surface area contributed by atoms with E-state index in [0.717, 1.165) is 25.3 Å². The first-order valence-electron chi connectivity index (χ1n) is 6.03. The molecule has 0 bridgehead atoms. The quantitative estimate of drug-likeness (QED) is 0.495. The van der Waals surface area contributed by atoms with Gasteiger partial charge in [-0.05, 0) is 48.4 Å². The average molecular weight is 380 g/mol. The van der Waals surface area contributed by atoms with Crippen LogP contribution in [0, 0.1) is 25.4 Å². The molecule has 0 aromatic heterocycles. The first-order chi connectivity index (χ1) is 9.02. The van der Waals surface area contributed by atoms with E-state index in [-0.39, 0.29) is 27.0 Å². The smallest absolute Gasteiger partial charge is 0.312 e. The monoisotopic (exact) mass is 380 g/mol. The summed E-state index contributed by atoms with van der Waals surface area (Å²) in [5.41, 5.74) is 5.44. The molecular weight excluding hydrogens is 366 g/mol. The van der Waals surface area contributed by atoms with Crippen molar-refractivity contribution < 1.29 is 14.1 Å². The van der Waals surface area contributed by atoms with Crippen LogP contribution in [-0.4, -0.2) is 17.6 Å². The van der Waals surface area contributed by atoms with Gasteiger partial charge in [0.15, 0.2) is 5.75 Å². The molecular formula is C12H14FIN2O3. The lowest BCUT2D eigenvalue weighted by Crippen LogP contribution is -2.27. The van der Waals surface area contributed by atoms with Gasteiger partial charge in [-0.1, -0.05) is 0 Å². The molecule has 2 unspecified atom stereocenters. The van der Waals surface area contributed by atoms with E-state index in [1.54, 1.807) is 22.6 Å². The van der Waals surface area contributed by atoms with Crippen LogP contribution >= 0.6 is 22.6 Å². The highest BCUT2D eigenvalue weighted by molar-refractivity contribution is 14.1. The Morgan fingerprint density at radius 1 is 1.53 bits per heavy atom. The van der Waals surface area contributed by atoms with Crippen molar-refractivity contribution in [2.45, 2.75) is 25.4 Å². The summed E-state index contributed by atoms with van der Waals surface area (Å²) in [6.45, 7) is 0.477. The molecule has 104 valence electrons. The maximum Gasteiger partial charge on any atom is 0.312 e. The normalized spacial score (nSPS) is 22.5. The number of hydrogen-bond acceptors (Lipinski definition) is 4. The number of hydrogen-bond donors (Lipinski definition) is 1. The van der Waals surface area contributed by atoms with Gasteiger partial charge in [-0.15, -0.1) is 0 Å². The molecule has 0 aliphatic heterocycles. The topological polar surface area (TPSA) is 78.4 Å². The lowest BCUT2D eigenvalue weighted by molar-refractivity contribution is -0.386. The van der Waals surface area contributed by atoms with Crippen molar-refractivity contribution >= 4 is 28.3 Å². The van der Waals surface area contributed by atoms with E-state index in [1.165, 1.54) is 6.07 Å². The number of rotatable bonds is 4. The van der Waals surface area contributed by atoms with Crippen molar-refractivity contribution in [2.24, 2.45) is 11.7 Å². The van der Waals surface area contributed by atoms with Gasteiger partial charge in [-0.3, -0.25) is 10.1 Å². The Labute approximate surface area is 123 Å². The number of nitro benzene ring substituents is 1. The Morgan fingerprint density at radius 3 is 2.89 bits per heavy atom. The summed E-state index contributed by atoms with van der Waals surface area (Å²) < 4.78 is 19.4. The number of benzene rings is 1. The van der Waals surface area contributed by atoms with E-state index in [1.807, 2.05) is 0 Å². The van der Waals surface area contributed by atoms with Gasteiger partial charge in [0.25, 0.3) is 0 Å². The van der Waals surface area contributed by atoms with E-state index in [2.05, 4.69) is 0 Å². The zero-order valence-corrected chi connectivity index (χ0v) is 12.3. The molecule has 1 aromatic carbocycles. The third-order valence-corrected chi connectivity index (χ3v) is 4.20. The van der Waals surface area contributed by atoms with Crippen molar-refractivity contribution in [1.29, 1.82) is 0 Å². The highest BCUT2D eigenvalue weighted by Crippen LogP contribution is 2.35. The van der Waals surface area contributed by atoms with Crippen LogP contribution in [0.2, 0.25) is 0 Å². The van der Waals surface area contributed by atoms with Crippen molar-refractivity contribution in [2.75, 3.05) is 6.54 Å². The minimum atomic E-state index is -0.552. The van der Waals surface area contributed by atoms with Gasteiger partial charge in [-0.2, -0.15) is 0 Å². The molecule has 19 heavy (non-hydrogen) atoms. The Bertz CT molecular complexity index is 498. The van der Waals surface area contributed by atoms with Crippen LogP contribution in [0.15, 0.2) is 12.1 Å². The maximum atomic E-state index is 13.5. The fraction of sp³-hybridized carbons (Fsp3) is 0.500. The maximum absolute atomic E-state index is 13.5. The van der Waals surface area contributed by atoms with Crippen LogP contribution in [0.1, 0.15) is 19.3 Å². The lowest BCUT2D eigenvalue weighted by atomic mass is 10.1. The zero-order valence-electron chi connectivity index (χ0n) is 10.1. The summed E-state index contributed by atoms with van der Waals surface area (Å²) in [5, 5.41) is 11.0. The second-order valence-corrected chi connectivity index (χ2v) is 5.74. The van der Waals surface area contributed by atoms with Crippen molar-refractivity contribution in [3.8, 4) is 5.75 Å². The van der Waals surface area contributed by atoms with Crippen LogP contribution < -0.4 is 10.5 Å². The molecule has 2 N–H and O–H groups in total. The number of nitrogens with zero attached hydrogens (tertiary/aromatic N) is 1. The molecule has 1 fully saturated rings. The van der Waals surface area contributed by atoms with Crippen LogP contribution in [0.4, 0.5) is 10.1 Å². The summed E-state index contributed by atoms with van der Waals surface area (Å²) in [6.07, 6.45) is 2.56. The number of nitro groups is 1. The van der Waals surface area contributed by atoms with E-state index in [9.17, 15) is 14.5 Å². The van der Waals surface area contributed by atoms with E-state index >= 15 is 0 Å². The molecule has 1 aliphatic rings. The predicted octanol–water partition coefficient (Wildman–Crippen LogP) is 2.84. The summed E-state index contributed by atoms with van der Waals surface area (Å²) >= 11 is 1.72. The first kappa shape index (κ1) is 14.4. The van der Waals surface area contributed by atoms with Crippen LogP contribution in [0.3, 0.4) is 0 Å². The molecule has 0 heterocycles. The Kier molecular flexibility index (Phi) is 4.56. The molecule has 0 saturated heterocycles. The molecule has 1 aromatic rings. The first-order valence-corrected chi connectivity index (χ1v) is 7.11. The van der Waals surface area contributed by atoms with Crippen molar-refractivity contribution in [1.82, 2.24) is 0 Å². The van der Waals surface area contributed by atoms with Gasteiger partial charge < -0.3 is 10.5 Å². The third kappa shape index (κ3) is 3.14. The Balaban J connectivity index is 2.28. The molecule has 2 rings (SSSR count). The molecule has 0 amide bonds. The minimum absolute atomic E-state index is 0.00624. The molecule has 0 radical (unpaired) electrons. The van der Waals surface area contributed by atoms with E-state index in [4.69, 9.17) is 10.5 Å². The summed E-state index contributed by atoms with van der Waals surface area (Å²) in [7, 11) is 0. The zero-order chi connectivity index (χ0) is 14.0. The van der Waals surface area contributed by atoms with Crippen LogP contribution in [0.25, 0.3) is 0 Å². The highest BCUT2D eigenvalue weighted by Gasteiger charge is 2.30. The predicted molar refractivity (Wildman–Crippen MR) is 76.6 cm³/mol. The van der Waals surface area contributed by atoms with Gasteiger partial charge in [0, 0.05) is 18.1 Å². The molecule has 5 nitrogen and oxygen atoms in total. The second kappa shape index (κ2) is 6.00. The van der Waals surface area contributed by atoms with Crippen molar-refractivity contribution in [3.63, 3.8) is 0 Å².